The molecular formula is C13H10Cl3NO. The third-order valence-electron chi connectivity index (χ3n) is 2.46. The molecule has 5 heteroatoms. The summed E-state index contributed by atoms with van der Waals surface area (Å²) < 4.78 is 0. The molecule has 2 nitrogen and oxygen atoms in total. The molecule has 0 aromatic heterocycles. The molecule has 2 aromatic carbocycles. The van der Waals surface area contributed by atoms with Gasteiger partial charge in [0.25, 0.3) is 0 Å². The highest BCUT2D eigenvalue weighted by atomic mass is 35.5. The lowest BCUT2D eigenvalue weighted by Gasteiger charge is -2.13. The summed E-state index contributed by atoms with van der Waals surface area (Å²) in [5.74, 6) is 0. The molecule has 0 aliphatic carbocycles. The van der Waals surface area contributed by atoms with E-state index < -0.39 is 0 Å². The van der Waals surface area contributed by atoms with Crippen LogP contribution in [0.1, 0.15) is 5.56 Å². The van der Waals surface area contributed by atoms with Crippen LogP contribution in [-0.2, 0) is 6.61 Å². The number of hydrogen-bond acceptors (Lipinski definition) is 2. The van der Waals surface area contributed by atoms with Gasteiger partial charge in [0, 0.05) is 16.3 Å². The van der Waals surface area contributed by atoms with Crippen LogP contribution >= 0.6 is 34.8 Å². The van der Waals surface area contributed by atoms with Gasteiger partial charge in [-0.05, 0) is 24.3 Å². The van der Waals surface area contributed by atoms with E-state index in [0.29, 0.717) is 26.4 Å². The van der Waals surface area contributed by atoms with Crippen LogP contribution in [0.3, 0.4) is 0 Å². The molecule has 0 heterocycles. The zero-order valence-electron chi connectivity index (χ0n) is 9.25. The number of nitrogens with one attached hydrogen (secondary N) is 1. The lowest BCUT2D eigenvalue weighted by Crippen LogP contribution is -1.97. The maximum Gasteiger partial charge on any atom is 0.0763 e. The molecule has 0 radical (unpaired) electrons. The number of para-hydroxylation sites is 1. The quantitative estimate of drug-likeness (QED) is 0.846. The Morgan fingerprint density at radius 2 is 1.67 bits per heavy atom. The van der Waals surface area contributed by atoms with Crippen LogP contribution in [0.25, 0.3) is 0 Å². The molecule has 0 aliphatic heterocycles. The smallest absolute Gasteiger partial charge is 0.0763 e. The third-order valence-corrected chi connectivity index (χ3v) is 3.33. The summed E-state index contributed by atoms with van der Waals surface area (Å²) in [7, 11) is 0. The standard InChI is InChI=1S/C13H10Cl3NO/c14-9-5-4-8(7-18)12(6-9)17-13-10(15)2-1-3-11(13)16/h1-6,17-18H,7H2. The van der Waals surface area contributed by atoms with Crippen molar-refractivity contribution in [2.24, 2.45) is 0 Å². The predicted molar refractivity (Wildman–Crippen MR) is 77.1 cm³/mol. The van der Waals surface area contributed by atoms with E-state index in [2.05, 4.69) is 5.32 Å². The molecule has 18 heavy (non-hydrogen) atoms. The molecule has 0 fully saturated rings. The molecule has 0 unspecified atom stereocenters. The van der Waals surface area contributed by atoms with Crippen LogP contribution < -0.4 is 5.32 Å². The lowest BCUT2D eigenvalue weighted by molar-refractivity contribution is 0.282. The van der Waals surface area contributed by atoms with Crippen LogP contribution in [0, 0.1) is 0 Å². The molecule has 0 amide bonds. The Hall–Kier alpha value is -0.930. The Bertz CT molecular complexity index is 552. The lowest BCUT2D eigenvalue weighted by atomic mass is 10.2. The number of aliphatic hydroxyl groups is 1. The van der Waals surface area contributed by atoms with Gasteiger partial charge in [-0.25, -0.2) is 0 Å². The Morgan fingerprint density at radius 1 is 1.00 bits per heavy atom. The van der Waals surface area contributed by atoms with Crippen LogP contribution in [0.2, 0.25) is 15.1 Å². The van der Waals surface area contributed by atoms with E-state index in [4.69, 9.17) is 34.8 Å². The van der Waals surface area contributed by atoms with Crippen molar-refractivity contribution in [2.45, 2.75) is 6.61 Å². The summed E-state index contributed by atoms with van der Waals surface area (Å²) in [6, 6.07) is 10.4. The Morgan fingerprint density at radius 3 is 2.28 bits per heavy atom. The monoisotopic (exact) mass is 301 g/mol. The van der Waals surface area contributed by atoms with Gasteiger partial charge in [0.2, 0.25) is 0 Å². The van der Waals surface area contributed by atoms with E-state index in [-0.39, 0.29) is 6.61 Å². The van der Waals surface area contributed by atoms with Crippen LogP contribution in [0.4, 0.5) is 11.4 Å². The fraction of sp³-hybridized carbons (Fsp3) is 0.0769. The summed E-state index contributed by atoms with van der Waals surface area (Å²) >= 11 is 18.1. The molecule has 2 N–H and O–H groups in total. The maximum atomic E-state index is 9.28. The highest BCUT2D eigenvalue weighted by Crippen LogP contribution is 2.34. The van der Waals surface area contributed by atoms with Gasteiger partial charge in [0.1, 0.15) is 0 Å². The van der Waals surface area contributed by atoms with Gasteiger partial charge in [-0.1, -0.05) is 46.9 Å². The van der Waals surface area contributed by atoms with Crippen molar-refractivity contribution in [3.05, 3.63) is 57.0 Å². The SMILES string of the molecule is OCc1ccc(Cl)cc1Nc1c(Cl)cccc1Cl. The minimum Gasteiger partial charge on any atom is -0.392 e. The third kappa shape index (κ3) is 2.90. The van der Waals surface area contributed by atoms with Crippen molar-refractivity contribution in [3.63, 3.8) is 0 Å². The summed E-state index contributed by atoms with van der Waals surface area (Å²) in [6.07, 6.45) is 0. The van der Waals surface area contributed by atoms with E-state index in [1.54, 1.807) is 36.4 Å². The maximum absolute atomic E-state index is 9.28. The zero-order valence-corrected chi connectivity index (χ0v) is 11.5. The van der Waals surface area contributed by atoms with Gasteiger partial charge in [-0.2, -0.15) is 0 Å². The van der Waals surface area contributed by atoms with Crippen LogP contribution in [0.5, 0.6) is 0 Å². The van der Waals surface area contributed by atoms with Crippen molar-refractivity contribution in [3.8, 4) is 0 Å². The topological polar surface area (TPSA) is 32.3 Å². The number of halogens is 3. The van der Waals surface area contributed by atoms with Gasteiger partial charge in [0.15, 0.2) is 0 Å². The van der Waals surface area contributed by atoms with E-state index in [1.807, 2.05) is 0 Å². The summed E-state index contributed by atoms with van der Waals surface area (Å²) in [5.41, 5.74) is 1.99. The largest absolute Gasteiger partial charge is 0.392 e. The first-order valence-corrected chi connectivity index (χ1v) is 6.35. The average Bonchev–Trinajstić information content (AvgIpc) is 2.34. The van der Waals surface area contributed by atoms with E-state index in [1.165, 1.54) is 0 Å². The molecule has 2 rings (SSSR count). The number of hydrogen-bond donors (Lipinski definition) is 2. The Balaban J connectivity index is 2.42. The van der Waals surface area contributed by atoms with Gasteiger partial charge >= 0.3 is 0 Å². The van der Waals surface area contributed by atoms with Crippen molar-refractivity contribution in [2.75, 3.05) is 5.32 Å². The second-order valence-corrected chi connectivity index (χ2v) is 4.93. The number of rotatable bonds is 3. The number of benzene rings is 2. The van der Waals surface area contributed by atoms with E-state index in [9.17, 15) is 5.11 Å². The number of aliphatic hydroxyl groups excluding tert-OH is 1. The first-order chi connectivity index (χ1) is 8.61. The van der Waals surface area contributed by atoms with Crippen molar-refractivity contribution in [1.82, 2.24) is 0 Å². The highest BCUT2D eigenvalue weighted by Gasteiger charge is 2.08. The minimum absolute atomic E-state index is 0.0957. The van der Waals surface area contributed by atoms with Gasteiger partial charge in [-0.3, -0.25) is 0 Å². The fourth-order valence-corrected chi connectivity index (χ4v) is 2.22. The fourth-order valence-electron chi connectivity index (χ4n) is 1.55. The molecule has 0 saturated heterocycles. The molecule has 0 bridgehead atoms. The van der Waals surface area contributed by atoms with E-state index in [0.717, 1.165) is 5.56 Å². The summed E-state index contributed by atoms with van der Waals surface area (Å²) in [5, 5.41) is 13.9. The predicted octanol–water partition coefficient (Wildman–Crippen LogP) is 4.88. The Kier molecular flexibility index (Phi) is 4.36. The van der Waals surface area contributed by atoms with Gasteiger partial charge in [-0.15, -0.1) is 0 Å². The van der Waals surface area contributed by atoms with Gasteiger partial charge < -0.3 is 10.4 Å². The van der Waals surface area contributed by atoms with Crippen LogP contribution in [-0.4, -0.2) is 5.11 Å². The zero-order chi connectivity index (χ0) is 13.1. The van der Waals surface area contributed by atoms with Crippen molar-refractivity contribution in [1.29, 1.82) is 0 Å². The molecule has 0 saturated carbocycles. The Labute approximate surface area is 120 Å². The molecule has 0 aliphatic rings. The van der Waals surface area contributed by atoms with Gasteiger partial charge in [0.05, 0.1) is 22.3 Å². The second kappa shape index (κ2) is 5.81. The second-order valence-electron chi connectivity index (χ2n) is 3.68. The highest BCUT2D eigenvalue weighted by molar-refractivity contribution is 6.39. The minimum atomic E-state index is -0.0957. The summed E-state index contributed by atoms with van der Waals surface area (Å²) in [4.78, 5) is 0. The van der Waals surface area contributed by atoms with Crippen molar-refractivity contribution < 1.29 is 5.11 Å². The van der Waals surface area contributed by atoms with E-state index >= 15 is 0 Å². The van der Waals surface area contributed by atoms with Crippen molar-refractivity contribution >= 4 is 46.2 Å². The average molecular weight is 303 g/mol. The molecular weight excluding hydrogens is 293 g/mol. The molecule has 0 atom stereocenters. The molecule has 0 spiro atoms. The first kappa shape index (κ1) is 13.5. The summed E-state index contributed by atoms with van der Waals surface area (Å²) in [6.45, 7) is -0.0957. The molecule has 2 aromatic rings. The van der Waals surface area contributed by atoms with Crippen LogP contribution in [0.15, 0.2) is 36.4 Å². The number of anilines is 2. The normalized spacial score (nSPS) is 10.4. The molecule has 94 valence electrons. The first-order valence-electron chi connectivity index (χ1n) is 5.22.